The third kappa shape index (κ3) is 4.34. The Morgan fingerprint density at radius 2 is 1.74 bits per heavy atom. The number of fused-ring (bicyclic) bond motifs is 3. The summed E-state index contributed by atoms with van der Waals surface area (Å²) in [6.45, 7) is 8.82. The molecule has 38 heavy (non-hydrogen) atoms. The fourth-order valence-electron chi connectivity index (χ4n) is 5.62. The Balaban J connectivity index is 1.22. The summed E-state index contributed by atoms with van der Waals surface area (Å²) in [6, 6.07) is 14.3. The number of morpholine rings is 1. The zero-order valence-electron chi connectivity index (χ0n) is 22.0. The Morgan fingerprint density at radius 3 is 2.45 bits per heavy atom. The number of amides is 2. The van der Waals surface area contributed by atoms with Crippen LogP contribution in [0.1, 0.15) is 29.8 Å². The van der Waals surface area contributed by atoms with Crippen LogP contribution in [0, 0.1) is 0 Å². The summed E-state index contributed by atoms with van der Waals surface area (Å²) in [5.41, 5.74) is 8.41. The minimum absolute atomic E-state index is 0.146. The van der Waals surface area contributed by atoms with E-state index in [1.165, 1.54) is 5.69 Å². The molecule has 2 saturated heterocycles. The zero-order chi connectivity index (χ0) is 26.4. The van der Waals surface area contributed by atoms with Crippen LogP contribution in [0.3, 0.4) is 0 Å². The summed E-state index contributed by atoms with van der Waals surface area (Å²) in [5, 5.41) is 12.3. The van der Waals surface area contributed by atoms with Gasteiger partial charge in [0.2, 0.25) is 0 Å². The van der Waals surface area contributed by atoms with Crippen molar-refractivity contribution in [3.63, 3.8) is 0 Å². The molecule has 3 aromatic rings. The largest absolute Gasteiger partial charge is 0.379 e. The number of nitrogens with zero attached hydrogens (tertiary/aromatic N) is 4. The number of urea groups is 1. The Bertz CT molecular complexity index is 1350. The first kappa shape index (κ1) is 24.6. The maximum absolute atomic E-state index is 13.7. The van der Waals surface area contributed by atoms with Crippen molar-refractivity contribution in [2.24, 2.45) is 0 Å². The third-order valence-electron chi connectivity index (χ3n) is 7.94. The first-order valence-corrected chi connectivity index (χ1v) is 13.1. The van der Waals surface area contributed by atoms with E-state index in [-0.39, 0.29) is 11.8 Å². The highest BCUT2D eigenvalue weighted by atomic mass is 16.5. The number of hydrogen-bond acceptors (Lipinski definition) is 7. The molecule has 198 valence electrons. The molecule has 0 unspecified atom stereocenters. The van der Waals surface area contributed by atoms with E-state index in [2.05, 4.69) is 63.8 Å². The number of carbonyl (C=O) groups excluding carboxylic acids is 2. The molecule has 1 aliphatic carbocycles. The van der Waals surface area contributed by atoms with Crippen molar-refractivity contribution in [2.75, 3.05) is 56.7 Å². The van der Waals surface area contributed by atoms with E-state index in [0.717, 1.165) is 24.2 Å². The van der Waals surface area contributed by atoms with Gasteiger partial charge in [-0.15, -0.1) is 0 Å². The van der Waals surface area contributed by atoms with E-state index in [9.17, 15) is 9.59 Å². The van der Waals surface area contributed by atoms with Gasteiger partial charge in [-0.2, -0.15) is 5.10 Å². The predicted molar refractivity (Wildman–Crippen MR) is 146 cm³/mol. The molecule has 10 heteroatoms. The van der Waals surface area contributed by atoms with Crippen LogP contribution < -0.4 is 15.6 Å². The van der Waals surface area contributed by atoms with Gasteiger partial charge in [-0.05, 0) is 39.1 Å². The normalized spacial score (nSPS) is 21.8. The lowest BCUT2D eigenvalue weighted by Crippen LogP contribution is -2.55. The van der Waals surface area contributed by atoms with Gasteiger partial charge in [0, 0.05) is 55.1 Å². The molecular weight excluding hydrogens is 482 g/mol. The highest BCUT2D eigenvalue weighted by Crippen LogP contribution is 2.43. The topological polar surface area (TPSA) is 106 Å². The van der Waals surface area contributed by atoms with Gasteiger partial charge in [-0.25, -0.2) is 9.80 Å². The first-order chi connectivity index (χ1) is 18.4. The van der Waals surface area contributed by atoms with E-state index in [0.29, 0.717) is 66.6 Å². The van der Waals surface area contributed by atoms with E-state index in [4.69, 9.17) is 4.74 Å². The second kappa shape index (κ2) is 9.86. The molecule has 2 amide bonds. The summed E-state index contributed by atoms with van der Waals surface area (Å²) in [7, 11) is 2.18. The molecule has 0 radical (unpaired) electrons. The van der Waals surface area contributed by atoms with Crippen molar-refractivity contribution in [3.05, 3.63) is 53.6 Å². The number of rotatable bonds is 4. The number of piperazine rings is 1. The first-order valence-electron chi connectivity index (χ1n) is 13.1. The van der Waals surface area contributed by atoms with Gasteiger partial charge < -0.3 is 15.0 Å². The van der Waals surface area contributed by atoms with Gasteiger partial charge in [0.25, 0.3) is 0 Å². The SMILES string of the molecule is C[C@@H]1CN(c2ccc(-c3n[nH]c4c3C(=O)c3c(NC(=O)NN5CCOCC5)cccc3-4)cc2)C[C@H](C)N1C. The van der Waals surface area contributed by atoms with Gasteiger partial charge in [-0.3, -0.25) is 20.2 Å². The number of benzene rings is 2. The van der Waals surface area contributed by atoms with Crippen LogP contribution in [0.15, 0.2) is 42.5 Å². The van der Waals surface area contributed by atoms with Crippen LogP contribution >= 0.6 is 0 Å². The van der Waals surface area contributed by atoms with Gasteiger partial charge in [0.15, 0.2) is 5.78 Å². The number of aromatic nitrogens is 2. The number of H-pyrrole nitrogens is 1. The fraction of sp³-hybridized carbons (Fsp3) is 0.393. The lowest BCUT2D eigenvalue weighted by atomic mass is 10.0. The number of aromatic amines is 1. The van der Waals surface area contributed by atoms with Crippen LogP contribution in [-0.4, -0.2) is 90.4 Å². The number of likely N-dealkylation sites (N-methyl/N-ethyl adjacent to an activating group) is 1. The molecule has 1 aromatic heterocycles. The lowest BCUT2D eigenvalue weighted by molar-refractivity contribution is 0.0207. The van der Waals surface area contributed by atoms with Crippen LogP contribution in [0.5, 0.6) is 0 Å². The van der Waals surface area contributed by atoms with Gasteiger partial charge in [-0.1, -0.05) is 24.3 Å². The third-order valence-corrected chi connectivity index (χ3v) is 7.94. The molecule has 0 saturated carbocycles. The van der Waals surface area contributed by atoms with Gasteiger partial charge >= 0.3 is 6.03 Å². The summed E-state index contributed by atoms with van der Waals surface area (Å²) >= 11 is 0. The van der Waals surface area contributed by atoms with Crippen LogP contribution in [-0.2, 0) is 4.74 Å². The summed E-state index contributed by atoms with van der Waals surface area (Å²) in [6.07, 6.45) is 0. The molecule has 10 nitrogen and oxygen atoms in total. The number of ketones is 1. The number of ether oxygens (including phenoxy) is 1. The van der Waals surface area contributed by atoms with Crippen molar-refractivity contribution in [1.82, 2.24) is 25.5 Å². The minimum Gasteiger partial charge on any atom is -0.379 e. The molecule has 0 bridgehead atoms. The number of hydrazine groups is 1. The maximum atomic E-state index is 13.7. The van der Waals surface area contributed by atoms with E-state index in [1.807, 2.05) is 29.3 Å². The Hall–Kier alpha value is -3.73. The Kier molecular flexibility index (Phi) is 6.38. The molecule has 3 heterocycles. The molecule has 3 aliphatic rings. The molecule has 0 spiro atoms. The van der Waals surface area contributed by atoms with Gasteiger partial charge in [0.05, 0.1) is 35.7 Å². The molecule has 2 aliphatic heterocycles. The highest BCUT2D eigenvalue weighted by molar-refractivity contribution is 6.26. The number of carbonyl (C=O) groups is 2. The van der Waals surface area contributed by atoms with Crippen molar-refractivity contribution in [3.8, 4) is 22.5 Å². The highest BCUT2D eigenvalue weighted by Gasteiger charge is 2.35. The Morgan fingerprint density at radius 1 is 1.03 bits per heavy atom. The number of anilines is 2. The number of hydrogen-bond donors (Lipinski definition) is 3. The molecule has 2 atom stereocenters. The van der Waals surface area contributed by atoms with Crippen molar-refractivity contribution >= 4 is 23.2 Å². The summed E-state index contributed by atoms with van der Waals surface area (Å²) in [4.78, 5) is 31.2. The van der Waals surface area contributed by atoms with Gasteiger partial charge in [0.1, 0.15) is 5.69 Å². The molecule has 6 rings (SSSR count). The second-order valence-corrected chi connectivity index (χ2v) is 10.4. The quantitative estimate of drug-likeness (QED) is 0.383. The zero-order valence-corrected chi connectivity index (χ0v) is 22.0. The second-order valence-electron chi connectivity index (χ2n) is 10.4. The van der Waals surface area contributed by atoms with Crippen LogP contribution in [0.25, 0.3) is 22.5 Å². The van der Waals surface area contributed by atoms with E-state index in [1.54, 1.807) is 6.07 Å². The smallest absolute Gasteiger partial charge is 0.333 e. The molecule has 3 N–H and O–H groups in total. The van der Waals surface area contributed by atoms with E-state index >= 15 is 0 Å². The fourth-order valence-corrected chi connectivity index (χ4v) is 5.62. The minimum atomic E-state index is -0.384. The van der Waals surface area contributed by atoms with E-state index < -0.39 is 0 Å². The summed E-state index contributed by atoms with van der Waals surface area (Å²) in [5.74, 6) is -0.146. The molecule has 2 aromatic carbocycles. The lowest BCUT2D eigenvalue weighted by Gasteiger charge is -2.43. The monoisotopic (exact) mass is 515 g/mol. The van der Waals surface area contributed by atoms with Crippen LogP contribution in [0.2, 0.25) is 0 Å². The maximum Gasteiger partial charge on any atom is 0.333 e. The molecule has 2 fully saturated rings. The van der Waals surface area contributed by atoms with Crippen molar-refractivity contribution < 1.29 is 14.3 Å². The summed E-state index contributed by atoms with van der Waals surface area (Å²) < 4.78 is 5.33. The predicted octanol–water partition coefficient (Wildman–Crippen LogP) is 3.19. The van der Waals surface area contributed by atoms with Crippen LogP contribution in [0.4, 0.5) is 16.2 Å². The number of nitrogens with one attached hydrogen (secondary N) is 3. The van der Waals surface area contributed by atoms with Crippen molar-refractivity contribution in [2.45, 2.75) is 25.9 Å². The molecular formula is C28H33N7O3. The Labute approximate surface area is 221 Å². The average Bonchev–Trinajstić information content (AvgIpc) is 3.48. The van der Waals surface area contributed by atoms with Crippen molar-refractivity contribution in [1.29, 1.82) is 0 Å². The average molecular weight is 516 g/mol. The standard InChI is InChI=1S/C28H33N7O3/c1-17-15-34(16-18(2)33(17)3)20-9-7-19(8-10-20)25-24-26(31-30-25)21-5-4-6-22(23(21)27(24)36)29-28(37)32-35-11-13-38-14-12-35/h4-10,17-18H,11-16H2,1-3H3,(H,30,31)(H2,29,32,37)/t17-,18+.